The van der Waals surface area contributed by atoms with Crippen molar-refractivity contribution in [2.45, 2.75) is 6.92 Å². The predicted octanol–water partition coefficient (Wildman–Crippen LogP) is 2.91. The topological polar surface area (TPSA) is 37.3 Å². The minimum Gasteiger partial charge on any atom is -0.478 e. The van der Waals surface area contributed by atoms with Gasteiger partial charge in [-0.25, -0.2) is 4.79 Å². The first-order valence-electron chi connectivity index (χ1n) is 3.90. The number of thiophene rings is 1. The smallest absolute Gasteiger partial charge is 0.337 e. The van der Waals surface area contributed by atoms with Crippen LogP contribution in [-0.4, -0.2) is 11.1 Å². The van der Waals surface area contributed by atoms with Crippen LogP contribution < -0.4 is 0 Å². The molecule has 0 aliphatic carbocycles. The molecular weight excluding hydrogens is 184 g/mol. The van der Waals surface area contributed by atoms with Crippen LogP contribution in [0.5, 0.6) is 0 Å². The van der Waals surface area contributed by atoms with E-state index in [4.69, 9.17) is 5.11 Å². The molecule has 3 heteroatoms. The van der Waals surface area contributed by atoms with Crippen molar-refractivity contribution in [3.8, 4) is 0 Å². The standard InChI is InChI=1S/C10H8O2S/c1-6-3-2-4-8-9(6)7(5-13-8)10(11)12/h2-5H,1H3,(H,11,12). The fraction of sp³-hybridized carbons (Fsp3) is 0.100. The molecule has 1 N–H and O–H groups in total. The van der Waals surface area contributed by atoms with Crippen LogP contribution in [0.25, 0.3) is 10.1 Å². The number of fused-ring (bicyclic) bond motifs is 1. The van der Waals surface area contributed by atoms with Gasteiger partial charge in [0, 0.05) is 15.5 Å². The summed E-state index contributed by atoms with van der Waals surface area (Å²) in [5, 5.41) is 11.5. The Kier molecular flexibility index (Phi) is 1.81. The van der Waals surface area contributed by atoms with Crippen LogP contribution in [0.15, 0.2) is 23.6 Å². The summed E-state index contributed by atoms with van der Waals surface area (Å²) in [5.74, 6) is -0.847. The van der Waals surface area contributed by atoms with E-state index in [-0.39, 0.29) is 0 Å². The SMILES string of the molecule is Cc1cccc2scc(C(=O)O)c12. The van der Waals surface area contributed by atoms with Gasteiger partial charge in [0.15, 0.2) is 0 Å². The van der Waals surface area contributed by atoms with Crippen molar-refractivity contribution in [2.75, 3.05) is 0 Å². The molecule has 1 aromatic carbocycles. The molecule has 2 nitrogen and oxygen atoms in total. The normalized spacial score (nSPS) is 10.5. The van der Waals surface area contributed by atoms with Gasteiger partial charge >= 0.3 is 5.97 Å². The van der Waals surface area contributed by atoms with E-state index in [0.717, 1.165) is 15.6 Å². The second-order valence-corrected chi connectivity index (χ2v) is 3.81. The molecule has 2 rings (SSSR count). The Morgan fingerprint density at radius 3 is 2.92 bits per heavy atom. The van der Waals surface area contributed by atoms with Gasteiger partial charge in [-0.2, -0.15) is 0 Å². The highest BCUT2D eigenvalue weighted by Crippen LogP contribution is 2.28. The average molecular weight is 192 g/mol. The molecule has 0 spiro atoms. The molecule has 1 heterocycles. The number of carboxylic acids is 1. The molecule has 0 amide bonds. The Labute approximate surface area is 79.4 Å². The molecule has 0 radical (unpaired) electrons. The van der Waals surface area contributed by atoms with E-state index in [1.165, 1.54) is 11.3 Å². The maximum Gasteiger partial charge on any atom is 0.337 e. The van der Waals surface area contributed by atoms with Crippen LogP contribution in [0.3, 0.4) is 0 Å². The third-order valence-electron chi connectivity index (χ3n) is 2.04. The molecule has 66 valence electrons. The number of hydrogen-bond acceptors (Lipinski definition) is 2. The number of rotatable bonds is 1. The van der Waals surface area contributed by atoms with E-state index in [0.29, 0.717) is 5.56 Å². The Morgan fingerprint density at radius 1 is 1.46 bits per heavy atom. The summed E-state index contributed by atoms with van der Waals surface area (Å²) in [6, 6.07) is 5.82. The van der Waals surface area contributed by atoms with E-state index >= 15 is 0 Å². The molecular formula is C10H8O2S. The predicted molar refractivity (Wildman–Crippen MR) is 53.5 cm³/mol. The third kappa shape index (κ3) is 1.21. The maximum absolute atomic E-state index is 10.8. The molecule has 0 aliphatic rings. The molecule has 13 heavy (non-hydrogen) atoms. The Morgan fingerprint density at radius 2 is 2.23 bits per heavy atom. The fourth-order valence-corrected chi connectivity index (χ4v) is 2.43. The van der Waals surface area contributed by atoms with E-state index in [2.05, 4.69) is 0 Å². The van der Waals surface area contributed by atoms with Gasteiger partial charge in [0.05, 0.1) is 5.56 Å². The molecule has 0 aliphatic heterocycles. The van der Waals surface area contributed by atoms with Crippen LogP contribution in [0.2, 0.25) is 0 Å². The van der Waals surface area contributed by atoms with Crippen LogP contribution in [0, 0.1) is 6.92 Å². The lowest BCUT2D eigenvalue weighted by Gasteiger charge is -1.96. The van der Waals surface area contributed by atoms with Gasteiger partial charge in [-0.05, 0) is 18.6 Å². The summed E-state index contributed by atoms with van der Waals surface area (Å²) < 4.78 is 1.04. The number of benzene rings is 1. The molecule has 0 bridgehead atoms. The number of hydrogen-bond donors (Lipinski definition) is 1. The first kappa shape index (κ1) is 8.26. The average Bonchev–Trinajstić information content (AvgIpc) is 2.49. The third-order valence-corrected chi connectivity index (χ3v) is 2.99. The summed E-state index contributed by atoms with van der Waals surface area (Å²) in [6.07, 6.45) is 0. The maximum atomic E-state index is 10.8. The minimum atomic E-state index is -0.847. The Balaban J connectivity index is 2.86. The van der Waals surface area contributed by atoms with Crippen molar-refractivity contribution >= 4 is 27.4 Å². The lowest BCUT2D eigenvalue weighted by Crippen LogP contribution is -1.94. The quantitative estimate of drug-likeness (QED) is 0.754. The molecule has 0 unspecified atom stereocenters. The monoisotopic (exact) mass is 192 g/mol. The van der Waals surface area contributed by atoms with Gasteiger partial charge in [-0.3, -0.25) is 0 Å². The fourth-order valence-electron chi connectivity index (χ4n) is 1.42. The van der Waals surface area contributed by atoms with Crippen LogP contribution in [-0.2, 0) is 0 Å². The number of carbonyl (C=O) groups is 1. The lowest BCUT2D eigenvalue weighted by molar-refractivity contribution is 0.0699. The zero-order chi connectivity index (χ0) is 9.42. The first-order chi connectivity index (χ1) is 6.20. The van der Waals surface area contributed by atoms with Crippen molar-refractivity contribution in [1.29, 1.82) is 0 Å². The largest absolute Gasteiger partial charge is 0.478 e. The van der Waals surface area contributed by atoms with Gasteiger partial charge in [0.2, 0.25) is 0 Å². The van der Waals surface area contributed by atoms with Crippen molar-refractivity contribution < 1.29 is 9.90 Å². The summed E-state index contributed by atoms with van der Waals surface area (Å²) in [6.45, 7) is 1.93. The highest BCUT2D eigenvalue weighted by molar-refractivity contribution is 7.17. The Bertz CT molecular complexity index is 471. The number of carboxylic acid groups (broad SMARTS) is 1. The van der Waals surface area contributed by atoms with Gasteiger partial charge in [0.25, 0.3) is 0 Å². The van der Waals surface area contributed by atoms with Gasteiger partial charge in [-0.15, -0.1) is 11.3 Å². The summed E-state index contributed by atoms with van der Waals surface area (Å²) in [7, 11) is 0. The molecule has 1 aromatic heterocycles. The number of aromatic carboxylic acids is 1. The van der Waals surface area contributed by atoms with E-state index < -0.39 is 5.97 Å². The molecule has 2 aromatic rings. The number of aryl methyl sites for hydroxylation is 1. The van der Waals surface area contributed by atoms with Gasteiger partial charge in [0.1, 0.15) is 0 Å². The Hall–Kier alpha value is -1.35. The highest BCUT2D eigenvalue weighted by Gasteiger charge is 2.11. The highest BCUT2D eigenvalue weighted by atomic mass is 32.1. The molecule has 0 saturated carbocycles. The van der Waals surface area contributed by atoms with E-state index in [9.17, 15) is 4.79 Å². The van der Waals surface area contributed by atoms with Crippen LogP contribution in [0.1, 0.15) is 15.9 Å². The van der Waals surface area contributed by atoms with Crippen molar-refractivity contribution in [1.82, 2.24) is 0 Å². The van der Waals surface area contributed by atoms with Crippen molar-refractivity contribution in [2.24, 2.45) is 0 Å². The minimum absolute atomic E-state index is 0.415. The molecule has 0 fully saturated rings. The zero-order valence-corrected chi connectivity index (χ0v) is 7.89. The molecule has 0 saturated heterocycles. The summed E-state index contributed by atoms with van der Waals surface area (Å²) in [4.78, 5) is 10.8. The van der Waals surface area contributed by atoms with Crippen molar-refractivity contribution in [3.05, 3.63) is 34.7 Å². The second kappa shape index (κ2) is 2.85. The van der Waals surface area contributed by atoms with E-state index in [1.807, 2.05) is 25.1 Å². The van der Waals surface area contributed by atoms with Crippen LogP contribution >= 0.6 is 11.3 Å². The zero-order valence-electron chi connectivity index (χ0n) is 7.07. The first-order valence-corrected chi connectivity index (χ1v) is 4.78. The summed E-state index contributed by atoms with van der Waals surface area (Å²) >= 11 is 1.48. The van der Waals surface area contributed by atoms with Crippen LogP contribution in [0.4, 0.5) is 0 Å². The van der Waals surface area contributed by atoms with Crippen molar-refractivity contribution in [3.63, 3.8) is 0 Å². The second-order valence-electron chi connectivity index (χ2n) is 2.90. The van der Waals surface area contributed by atoms with Gasteiger partial charge in [-0.1, -0.05) is 12.1 Å². The van der Waals surface area contributed by atoms with E-state index in [1.54, 1.807) is 5.38 Å². The molecule has 0 atom stereocenters. The van der Waals surface area contributed by atoms with Gasteiger partial charge < -0.3 is 5.11 Å². The lowest BCUT2D eigenvalue weighted by atomic mass is 10.1. The summed E-state index contributed by atoms with van der Waals surface area (Å²) in [5.41, 5.74) is 1.44.